The molecule has 3 aliphatic rings. The summed E-state index contributed by atoms with van der Waals surface area (Å²) in [6, 6.07) is 4.16. The number of hydrogen-bond acceptors (Lipinski definition) is 2. The molecule has 0 spiro atoms. The molecule has 2 fully saturated rings. The maximum Gasteiger partial charge on any atom is 0.252 e. The topological polar surface area (TPSA) is 52.3 Å². The third-order valence-corrected chi connectivity index (χ3v) is 7.59. The van der Waals surface area contributed by atoms with Crippen LogP contribution in [-0.2, 0) is 6.42 Å². The van der Waals surface area contributed by atoms with Gasteiger partial charge in [-0.2, -0.15) is 0 Å². The number of hydrogen-bond donors (Lipinski definition) is 1. The van der Waals surface area contributed by atoms with Gasteiger partial charge in [-0.3, -0.25) is 4.79 Å². The highest BCUT2D eigenvalue weighted by Crippen LogP contribution is 2.62. The first-order chi connectivity index (χ1) is 12.5. The van der Waals surface area contributed by atoms with Crippen molar-refractivity contribution in [2.75, 3.05) is 6.61 Å². The van der Waals surface area contributed by atoms with Crippen molar-refractivity contribution in [3.63, 3.8) is 0 Å². The van der Waals surface area contributed by atoms with E-state index in [1.54, 1.807) is 5.57 Å². The number of carbonyl (C=O) groups is 1. The van der Waals surface area contributed by atoms with E-state index in [9.17, 15) is 4.79 Å². The molecule has 3 unspecified atom stereocenters. The summed E-state index contributed by atoms with van der Waals surface area (Å²) in [5.74, 6) is 2.45. The number of ether oxygens (including phenoxy) is 1. The van der Waals surface area contributed by atoms with Crippen LogP contribution in [-0.4, -0.2) is 12.5 Å². The molecular formula is C23H31NO2. The summed E-state index contributed by atoms with van der Waals surface area (Å²) in [6.45, 7) is 7.23. The van der Waals surface area contributed by atoms with E-state index >= 15 is 0 Å². The standard InChI is InChI=1S/C23H31NO2/c1-4-15-7-9-20-17-8-6-14-12-19(22(24)25)21(26-5-2)13-18(14)16(17)10-11-23(15,20)3/h4,12-13,16-17,20H,5-11H2,1-3H3,(H2,24,25)/b15-4-/t16?,17?,20?,23-/m1/s1. The van der Waals surface area contributed by atoms with Crippen LogP contribution in [0.2, 0.25) is 0 Å². The zero-order valence-corrected chi connectivity index (χ0v) is 16.3. The van der Waals surface area contributed by atoms with Gasteiger partial charge in [-0.1, -0.05) is 18.6 Å². The maximum absolute atomic E-state index is 11.9. The molecular weight excluding hydrogens is 322 g/mol. The Morgan fingerprint density at radius 3 is 2.81 bits per heavy atom. The van der Waals surface area contributed by atoms with Crippen LogP contribution in [0.25, 0.3) is 0 Å². The second kappa shape index (κ2) is 6.44. The van der Waals surface area contributed by atoms with Crippen molar-refractivity contribution < 1.29 is 9.53 Å². The Kier molecular flexibility index (Phi) is 4.37. The van der Waals surface area contributed by atoms with Gasteiger partial charge in [0.25, 0.3) is 5.91 Å². The van der Waals surface area contributed by atoms with E-state index in [-0.39, 0.29) is 5.91 Å². The molecule has 3 aliphatic carbocycles. The van der Waals surface area contributed by atoms with Crippen molar-refractivity contribution in [3.05, 3.63) is 40.5 Å². The predicted molar refractivity (Wildman–Crippen MR) is 105 cm³/mol. The summed E-state index contributed by atoms with van der Waals surface area (Å²) in [7, 11) is 0. The monoisotopic (exact) mass is 353 g/mol. The highest BCUT2D eigenvalue weighted by atomic mass is 16.5. The van der Waals surface area contributed by atoms with Gasteiger partial charge in [-0.05, 0) is 98.8 Å². The summed E-state index contributed by atoms with van der Waals surface area (Å²) in [6.07, 6.45) is 9.80. The average Bonchev–Trinajstić information content (AvgIpc) is 2.97. The van der Waals surface area contributed by atoms with Crippen molar-refractivity contribution in [1.82, 2.24) is 0 Å². The molecule has 0 heterocycles. The Bertz CT molecular complexity index is 766. The van der Waals surface area contributed by atoms with Crippen LogP contribution >= 0.6 is 0 Å². The molecule has 2 saturated carbocycles. The molecule has 26 heavy (non-hydrogen) atoms. The first-order valence-electron chi connectivity index (χ1n) is 10.2. The van der Waals surface area contributed by atoms with E-state index < -0.39 is 0 Å². The summed E-state index contributed by atoms with van der Waals surface area (Å²) in [5, 5.41) is 0. The second-order valence-corrected chi connectivity index (χ2v) is 8.57. The van der Waals surface area contributed by atoms with Crippen LogP contribution in [0, 0.1) is 17.3 Å². The van der Waals surface area contributed by atoms with Crippen LogP contribution in [0.1, 0.15) is 80.3 Å². The number of aryl methyl sites for hydroxylation is 1. The smallest absolute Gasteiger partial charge is 0.252 e. The molecule has 3 nitrogen and oxygen atoms in total. The fourth-order valence-electron chi connectivity index (χ4n) is 6.39. The number of rotatable bonds is 3. The maximum atomic E-state index is 11.9. The number of allylic oxidation sites excluding steroid dienone is 2. The largest absolute Gasteiger partial charge is 0.493 e. The van der Waals surface area contributed by atoms with Crippen LogP contribution in [0.5, 0.6) is 5.75 Å². The van der Waals surface area contributed by atoms with Crippen molar-refractivity contribution in [2.45, 2.75) is 65.2 Å². The van der Waals surface area contributed by atoms with Gasteiger partial charge < -0.3 is 10.5 Å². The number of benzene rings is 1. The number of amides is 1. The lowest BCUT2D eigenvalue weighted by molar-refractivity contribution is 0.0811. The lowest BCUT2D eigenvalue weighted by Gasteiger charge is -2.49. The van der Waals surface area contributed by atoms with Gasteiger partial charge in [0.1, 0.15) is 5.75 Å². The Morgan fingerprint density at radius 2 is 2.12 bits per heavy atom. The number of primary amides is 1. The second-order valence-electron chi connectivity index (χ2n) is 8.57. The van der Waals surface area contributed by atoms with Crippen LogP contribution in [0.4, 0.5) is 0 Å². The zero-order chi connectivity index (χ0) is 18.5. The molecule has 3 heteroatoms. The first kappa shape index (κ1) is 17.6. The van der Waals surface area contributed by atoms with Gasteiger partial charge in [-0.25, -0.2) is 0 Å². The summed E-state index contributed by atoms with van der Waals surface area (Å²) >= 11 is 0. The fourth-order valence-corrected chi connectivity index (χ4v) is 6.39. The minimum absolute atomic E-state index is 0.386. The van der Waals surface area contributed by atoms with Crippen molar-refractivity contribution in [1.29, 1.82) is 0 Å². The highest BCUT2D eigenvalue weighted by Gasteiger charge is 2.52. The van der Waals surface area contributed by atoms with E-state index in [0.717, 1.165) is 18.3 Å². The van der Waals surface area contributed by atoms with Crippen LogP contribution in [0.15, 0.2) is 23.8 Å². The van der Waals surface area contributed by atoms with Crippen molar-refractivity contribution in [2.24, 2.45) is 23.0 Å². The van der Waals surface area contributed by atoms with Crippen LogP contribution < -0.4 is 10.5 Å². The minimum atomic E-state index is -0.386. The molecule has 0 aliphatic heterocycles. The molecule has 0 aromatic heterocycles. The molecule has 1 aromatic rings. The molecule has 0 saturated heterocycles. The van der Waals surface area contributed by atoms with Gasteiger partial charge in [0, 0.05) is 0 Å². The third-order valence-electron chi connectivity index (χ3n) is 7.59. The molecule has 2 N–H and O–H groups in total. The normalized spacial score (nSPS) is 34.1. The van der Waals surface area contributed by atoms with Gasteiger partial charge >= 0.3 is 0 Å². The first-order valence-corrected chi connectivity index (χ1v) is 10.2. The molecule has 1 aromatic carbocycles. The van der Waals surface area contributed by atoms with E-state index in [1.165, 1.54) is 43.2 Å². The van der Waals surface area contributed by atoms with Gasteiger partial charge in [-0.15, -0.1) is 0 Å². The Morgan fingerprint density at radius 1 is 1.31 bits per heavy atom. The third kappa shape index (κ3) is 2.51. The highest BCUT2D eigenvalue weighted by molar-refractivity contribution is 5.96. The molecule has 4 rings (SSSR count). The van der Waals surface area contributed by atoms with Crippen molar-refractivity contribution >= 4 is 5.91 Å². The number of nitrogens with two attached hydrogens (primary N) is 1. The van der Waals surface area contributed by atoms with E-state index in [4.69, 9.17) is 10.5 Å². The number of carbonyl (C=O) groups excluding carboxylic acids is 1. The zero-order valence-electron chi connectivity index (χ0n) is 16.3. The molecule has 0 radical (unpaired) electrons. The Labute approximate surface area is 157 Å². The summed E-state index contributed by atoms with van der Waals surface area (Å²) in [5.41, 5.74) is 11.0. The molecule has 1 amide bonds. The van der Waals surface area contributed by atoms with E-state index in [0.29, 0.717) is 29.3 Å². The Hall–Kier alpha value is -1.77. The van der Waals surface area contributed by atoms with Gasteiger partial charge in [0.2, 0.25) is 0 Å². The minimum Gasteiger partial charge on any atom is -0.493 e. The van der Waals surface area contributed by atoms with Crippen molar-refractivity contribution in [3.8, 4) is 5.75 Å². The predicted octanol–water partition coefficient (Wildman–Crippen LogP) is 4.99. The van der Waals surface area contributed by atoms with Gasteiger partial charge in [0.05, 0.1) is 12.2 Å². The lowest BCUT2D eigenvalue weighted by atomic mass is 9.55. The average molecular weight is 354 g/mol. The molecule has 4 atom stereocenters. The fraction of sp³-hybridized carbons (Fsp3) is 0.609. The van der Waals surface area contributed by atoms with E-state index in [1.807, 2.05) is 13.0 Å². The molecule has 0 bridgehead atoms. The van der Waals surface area contributed by atoms with Crippen LogP contribution in [0.3, 0.4) is 0 Å². The Balaban J connectivity index is 1.73. The lowest BCUT2D eigenvalue weighted by Crippen LogP contribution is -2.40. The van der Waals surface area contributed by atoms with Gasteiger partial charge in [0.15, 0.2) is 0 Å². The molecule has 140 valence electrons. The summed E-state index contributed by atoms with van der Waals surface area (Å²) in [4.78, 5) is 11.9. The quantitative estimate of drug-likeness (QED) is 0.779. The SMILES string of the molecule is C/C=C1/CCC2C3CCc4cc(C(N)=O)c(OCC)cc4C3CC[C@]12C. The number of fused-ring (bicyclic) bond motifs is 5. The summed E-state index contributed by atoms with van der Waals surface area (Å²) < 4.78 is 5.78. The van der Waals surface area contributed by atoms with E-state index in [2.05, 4.69) is 26.0 Å².